The van der Waals surface area contributed by atoms with Crippen molar-refractivity contribution in [3.63, 3.8) is 0 Å². The normalized spacial score (nSPS) is 16.9. The first-order chi connectivity index (χ1) is 20.2. The van der Waals surface area contributed by atoms with Gasteiger partial charge in [-0.15, -0.1) is 0 Å². The molecular weight excluding hydrogens is 553 g/mol. The molecular formula is C28H29F3N8O3. The van der Waals surface area contributed by atoms with Gasteiger partial charge < -0.3 is 25.0 Å². The first-order valence-electron chi connectivity index (χ1n) is 13.6. The van der Waals surface area contributed by atoms with E-state index in [0.717, 1.165) is 5.56 Å². The number of aromatic nitrogens is 5. The lowest BCUT2D eigenvalue weighted by Gasteiger charge is -2.37. The summed E-state index contributed by atoms with van der Waals surface area (Å²) in [5.74, 6) is 0.227. The van der Waals surface area contributed by atoms with Gasteiger partial charge in [-0.1, -0.05) is 6.07 Å². The van der Waals surface area contributed by atoms with Gasteiger partial charge in [-0.3, -0.25) is 9.69 Å². The van der Waals surface area contributed by atoms with Gasteiger partial charge in [-0.2, -0.15) is 18.2 Å². The lowest BCUT2D eigenvalue weighted by Crippen LogP contribution is -2.52. The molecule has 3 aromatic heterocycles. The van der Waals surface area contributed by atoms with Crippen LogP contribution in [0.4, 0.5) is 24.9 Å². The number of halogens is 3. The molecule has 6 rings (SSSR count). The minimum absolute atomic E-state index is 0.115. The van der Waals surface area contributed by atoms with Crippen LogP contribution in [0.2, 0.25) is 0 Å². The molecule has 0 unspecified atom stereocenters. The molecule has 2 fully saturated rings. The Morgan fingerprint density at radius 1 is 1.12 bits per heavy atom. The number of nitrogens with one attached hydrogen (secondary N) is 2. The summed E-state index contributed by atoms with van der Waals surface area (Å²) in [6, 6.07) is 9.18. The number of amides is 1. The number of ether oxygens (including phenoxy) is 1. The zero-order valence-electron chi connectivity index (χ0n) is 22.8. The van der Waals surface area contributed by atoms with Gasteiger partial charge in [0, 0.05) is 44.5 Å². The third kappa shape index (κ3) is 5.29. The van der Waals surface area contributed by atoms with Crippen molar-refractivity contribution in [2.45, 2.75) is 32.5 Å². The van der Waals surface area contributed by atoms with E-state index in [0.29, 0.717) is 60.3 Å². The van der Waals surface area contributed by atoms with Crippen LogP contribution >= 0.6 is 0 Å². The van der Waals surface area contributed by atoms with E-state index in [-0.39, 0.29) is 37.6 Å². The van der Waals surface area contributed by atoms with Gasteiger partial charge in [0.2, 0.25) is 17.6 Å². The summed E-state index contributed by atoms with van der Waals surface area (Å²) < 4.78 is 45.5. The fourth-order valence-electron chi connectivity index (χ4n) is 5.21. The molecule has 4 aromatic rings. The van der Waals surface area contributed by atoms with E-state index in [1.54, 1.807) is 19.2 Å². The Bertz CT molecular complexity index is 1610. The number of carbonyl (C=O) groups is 1. The number of H-pyrrole nitrogens is 1. The first kappa shape index (κ1) is 27.7. The SMILES string of the molecule is CCOc1ncnc(-c2ccc3nc(Nc4cc(CN5CCN(C(=O)C6(C(F)(F)F)CC6)CC5)ccn4)[nH]c3c2)c1O. The number of carbonyl (C=O) groups excluding carboxylic acids is 1. The number of piperazine rings is 1. The highest BCUT2D eigenvalue weighted by Gasteiger charge is 2.69. The molecule has 3 N–H and O–H groups in total. The highest BCUT2D eigenvalue weighted by atomic mass is 19.4. The number of aromatic hydroxyl groups is 1. The summed E-state index contributed by atoms with van der Waals surface area (Å²) in [5, 5.41) is 13.7. The standard InChI is InChI=1S/C28H29F3N8O3/c1-2-42-24-23(40)22(33-16-34-24)18-3-4-19-20(14-18)36-26(35-19)37-21-13-17(5-8-32-21)15-38-9-11-39(12-10-38)25(41)27(6-7-27)28(29,30)31/h3-5,8,13-14,16,40H,2,6-7,9-12,15H2,1H3,(H2,32,35,36,37). The Balaban J connectivity index is 1.09. The zero-order valence-corrected chi connectivity index (χ0v) is 22.8. The van der Waals surface area contributed by atoms with Gasteiger partial charge in [0.05, 0.1) is 17.6 Å². The minimum atomic E-state index is -4.49. The lowest BCUT2D eigenvalue weighted by molar-refractivity contribution is -0.199. The second-order valence-corrected chi connectivity index (χ2v) is 10.4. The molecule has 1 aliphatic heterocycles. The lowest BCUT2D eigenvalue weighted by atomic mass is 10.0. The summed E-state index contributed by atoms with van der Waals surface area (Å²) >= 11 is 0. The summed E-state index contributed by atoms with van der Waals surface area (Å²) in [6.07, 6.45) is -1.71. The van der Waals surface area contributed by atoms with Crippen molar-refractivity contribution >= 4 is 28.7 Å². The molecule has 11 nitrogen and oxygen atoms in total. The van der Waals surface area contributed by atoms with Crippen molar-refractivity contribution in [1.29, 1.82) is 0 Å². The average molecular weight is 583 g/mol. The Hall–Kier alpha value is -4.46. The van der Waals surface area contributed by atoms with Crippen LogP contribution in [-0.4, -0.2) is 84.7 Å². The van der Waals surface area contributed by atoms with E-state index >= 15 is 0 Å². The monoisotopic (exact) mass is 582 g/mol. The van der Waals surface area contributed by atoms with Crippen LogP contribution in [0, 0.1) is 5.41 Å². The Morgan fingerprint density at radius 2 is 1.90 bits per heavy atom. The van der Waals surface area contributed by atoms with Crippen LogP contribution in [0.15, 0.2) is 42.9 Å². The van der Waals surface area contributed by atoms with E-state index in [1.165, 1.54) is 11.2 Å². The van der Waals surface area contributed by atoms with Crippen molar-refractivity contribution in [2.75, 3.05) is 38.1 Å². The molecule has 0 radical (unpaired) electrons. The number of imidazole rings is 1. The summed E-state index contributed by atoms with van der Waals surface area (Å²) in [4.78, 5) is 36.3. The molecule has 4 heterocycles. The molecule has 0 spiro atoms. The minimum Gasteiger partial charge on any atom is -0.502 e. The topological polar surface area (TPSA) is 132 Å². The van der Waals surface area contributed by atoms with E-state index in [4.69, 9.17) is 4.74 Å². The average Bonchev–Trinajstić information content (AvgIpc) is 3.70. The van der Waals surface area contributed by atoms with Crippen LogP contribution in [0.3, 0.4) is 0 Å². The Morgan fingerprint density at radius 3 is 2.62 bits per heavy atom. The third-order valence-electron chi connectivity index (χ3n) is 7.66. The third-order valence-corrected chi connectivity index (χ3v) is 7.66. The molecule has 1 aliphatic carbocycles. The largest absolute Gasteiger partial charge is 0.502 e. The smallest absolute Gasteiger partial charge is 0.403 e. The molecule has 1 amide bonds. The number of benzene rings is 1. The quantitative estimate of drug-likeness (QED) is 0.279. The zero-order chi connectivity index (χ0) is 29.5. The van der Waals surface area contributed by atoms with Gasteiger partial charge >= 0.3 is 6.18 Å². The van der Waals surface area contributed by atoms with Gasteiger partial charge in [0.25, 0.3) is 5.88 Å². The fourth-order valence-corrected chi connectivity index (χ4v) is 5.21. The number of pyridine rings is 1. The highest BCUT2D eigenvalue weighted by molar-refractivity contribution is 5.86. The number of alkyl halides is 3. The molecule has 42 heavy (non-hydrogen) atoms. The Kier molecular flexibility index (Phi) is 7.09. The molecule has 1 aromatic carbocycles. The predicted octanol–water partition coefficient (Wildman–Crippen LogP) is 4.25. The van der Waals surface area contributed by atoms with Crippen molar-refractivity contribution < 1.29 is 27.8 Å². The maximum atomic E-state index is 13.4. The number of hydrogen-bond donors (Lipinski definition) is 3. The Labute approximate surface area is 238 Å². The van der Waals surface area contributed by atoms with Crippen molar-refractivity contribution in [2.24, 2.45) is 5.41 Å². The van der Waals surface area contributed by atoms with Gasteiger partial charge in [-0.25, -0.2) is 15.0 Å². The van der Waals surface area contributed by atoms with Crippen molar-refractivity contribution in [1.82, 2.24) is 34.7 Å². The van der Waals surface area contributed by atoms with Gasteiger partial charge in [0.15, 0.2) is 0 Å². The summed E-state index contributed by atoms with van der Waals surface area (Å²) in [5.41, 5.74) is 1.21. The van der Waals surface area contributed by atoms with E-state index in [1.807, 2.05) is 24.3 Å². The van der Waals surface area contributed by atoms with Gasteiger partial charge in [0.1, 0.15) is 23.3 Å². The molecule has 1 saturated heterocycles. The summed E-state index contributed by atoms with van der Waals surface area (Å²) in [7, 11) is 0. The molecule has 0 atom stereocenters. The van der Waals surface area contributed by atoms with E-state index < -0.39 is 17.5 Å². The van der Waals surface area contributed by atoms with Crippen molar-refractivity contribution in [3.8, 4) is 22.9 Å². The van der Waals surface area contributed by atoms with Crippen molar-refractivity contribution in [3.05, 3.63) is 48.4 Å². The summed E-state index contributed by atoms with van der Waals surface area (Å²) in [6.45, 7) is 4.25. The predicted molar refractivity (Wildman–Crippen MR) is 147 cm³/mol. The molecule has 2 aliphatic rings. The number of anilines is 2. The number of aromatic amines is 1. The van der Waals surface area contributed by atoms with E-state index in [9.17, 15) is 23.1 Å². The molecule has 0 bridgehead atoms. The first-order valence-corrected chi connectivity index (χ1v) is 13.6. The fraction of sp³-hybridized carbons (Fsp3) is 0.393. The number of fused-ring (bicyclic) bond motifs is 1. The number of rotatable bonds is 8. The van der Waals surface area contributed by atoms with Crippen LogP contribution in [0.25, 0.3) is 22.3 Å². The second kappa shape index (κ2) is 10.7. The molecule has 14 heteroatoms. The maximum absolute atomic E-state index is 13.4. The molecule has 220 valence electrons. The second-order valence-electron chi connectivity index (χ2n) is 10.4. The molecule has 1 saturated carbocycles. The highest BCUT2D eigenvalue weighted by Crippen LogP contribution is 2.58. The number of nitrogens with zero attached hydrogens (tertiary/aromatic N) is 6. The van der Waals surface area contributed by atoms with Crippen LogP contribution < -0.4 is 10.1 Å². The number of hydrogen-bond acceptors (Lipinski definition) is 9. The van der Waals surface area contributed by atoms with Crippen LogP contribution in [0.5, 0.6) is 11.6 Å². The van der Waals surface area contributed by atoms with Crippen LogP contribution in [0.1, 0.15) is 25.3 Å². The van der Waals surface area contributed by atoms with Gasteiger partial charge in [-0.05, 0) is 49.6 Å². The maximum Gasteiger partial charge on any atom is 0.403 e. The van der Waals surface area contributed by atoms with Crippen LogP contribution in [-0.2, 0) is 11.3 Å². The van der Waals surface area contributed by atoms with E-state index in [2.05, 4.69) is 35.1 Å².